The van der Waals surface area contributed by atoms with Crippen molar-refractivity contribution in [2.24, 2.45) is 5.92 Å². The molecule has 0 spiro atoms. The minimum atomic E-state index is -0.281. The van der Waals surface area contributed by atoms with Crippen LogP contribution in [0.3, 0.4) is 0 Å². The molecule has 0 amide bonds. The number of halogens is 1. The zero-order chi connectivity index (χ0) is 12.3. The van der Waals surface area contributed by atoms with E-state index in [-0.39, 0.29) is 11.9 Å². The summed E-state index contributed by atoms with van der Waals surface area (Å²) in [6.07, 6.45) is 3.95. The van der Waals surface area contributed by atoms with Crippen molar-refractivity contribution >= 4 is 0 Å². The lowest BCUT2D eigenvalue weighted by Crippen LogP contribution is -2.42. The maximum absolute atomic E-state index is 13.1. The van der Waals surface area contributed by atoms with Gasteiger partial charge in [-0.2, -0.15) is 0 Å². The highest BCUT2D eigenvalue weighted by atomic mass is 19.1. The summed E-state index contributed by atoms with van der Waals surface area (Å²) in [7, 11) is 0. The number of hydrogen-bond donors (Lipinski definition) is 1. The first-order chi connectivity index (χ1) is 8.16. The van der Waals surface area contributed by atoms with Crippen LogP contribution in [0.5, 0.6) is 0 Å². The summed E-state index contributed by atoms with van der Waals surface area (Å²) in [5, 5.41) is 3.53. The first kappa shape index (κ1) is 12.5. The van der Waals surface area contributed by atoms with E-state index in [1.165, 1.54) is 12.3 Å². The van der Waals surface area contributed by atoms with E-state index in [1.54, 1.807) is 6.20 Å². The highest BCUT2D eigenvalue weighted by Gasteiger charge is 2.23. The van der Waals surface area contributed by atoms with E-state index in [0.717, 1.165) is 25.2 Å². The Labute approximate surface area is 101 Å². The summed E-state index contributed by atoms with van der Waals surface area (Å²) in [5.74, 6) is 0.212. The van der Waals surface area contributed by atoms with Crippen molar-refractivity contribution in [3.05, 3.63) is 29.8 Å². The molecule has 2 heterocycles. The minimum absolute atomic E-state index is 0.115. The number of pyridine rings is 1. The van der Waals surface area contributed by atoms with Crippen molar-refractivity contribution in [1.29, 1.82) is 0 Å². The predicted molar refractivity (Wildman–Crippen MR) is 64.1 cm³/mol. The molecule has 3 nitrogen and oxygen atoms in total. The maximum atomic E-state index is 13.1. The van der Waals surface area contributed by atoms with Gasteiger partial charge in [-0.3, -0.25) is 4.98 Å². The van der Waals surface area contributed by atoms with Crippen molar-refractivity contribution in [2.75, 3.05) is 13.2 Å². The largest absolute Gasteiger partial charge is 0.381 e. The van der Waals surface area contributed by atoms with Crippen LogP contribution in [0.4, 0.5) is 4.39 Å². The molecule has 1 aliphatic rings. The molecule has 0 saturated carbocycles. The fourth-order valence-corrected chi connectivity index (χ4v) is 2.21. The van der Waals surface area contributed by atoms with Crippen molar-refractivity contribution in [1.82, 2.24) is 10.3 Å². The Kier molecular flexibility index (Phi) is 4.07. The van der Waals surface area contributed by atoms with Gasteiger partial charge in [0.05, 0.1) is 12.8 Å². The molecule has 1 aromatic rings. The summed E-state index contributed by atoms with van der Waals surface area (Å²) in [6.45, 7) is 5.81. The fraction of sp³-hybridized carbons (Fsp3) is 0.615. The molecule has 4 heteroatoms. The summed E-state index contributed by atoms with van der Waals surface area (Å²) in [6, 6.07) is 2.08. The van der Waals surface area contributed by atoms with Crippen molar-refractivity contribution in [3.8, 4) is 0 Å². The van der Waals surface area contributed by atoms with Crippen LogP contribution in [-0.2, 0) is 4.74 Å². The molecule has 94 valence electrons. The van der Waals surface area contributed by atoms with Crippen LogP contribution in [0, 0.1) is 11.7 Å². The van der Waals surface area contributed by atoms with Crippen LogP contribution < -0.4 is 5.32 Å². The molecule has 1 fully saturated rings. The fourth-order valence-electron chi connectivity index (χ4n) is 2.21. The summed E-state index contributed by atoms with van der Waals surface area (Å²) in [5.41, 5.74) is 0.892. The average molecular weight is 238 g/mol. The maximum Gasteiger partial charge on any atom is 0.141 e. The molecule has 3 unspecified atom stereocenters. The molecular formula is C13H19FN2O. The van der Waals surface area contributed by atoms with Gasteiger partial charge in [0.25, 0.3) is 0 Å². The van der Waals surface area contributed by atoms with Crippen LogP contribution >= 0.6 is 0 Å². The van der Waals surface area contributed by atoms with E-state index in [1.807, 2.05) is 6.92 Å². The minimum Gasteiger partial charge on any atom is -0.381 e. The summed E-state index contributed by atoms with van der Waals surface area (Å²) < 4.78 is 18.5. The molecule has 0 aliphatic carbocycles. The average Bonchev–Trinajstić information content (AvgIpc) is 2.32. The lowest BCUT2D eigenvalue weighted by Gasteiger charge is -2.32. The van der Waals surface area contributed by atoms with Gasteiger partial charge in [0.2, 0.25) is 0 Å². The molecule has 0 bridgehead atoms. The zero-order valence-corrected chi connectivity index (χ0v) is 10.3. The molecule has 0 aromatic carbocycles. The van der Waals surface area contributed by atoms with Crippen molar-refractivity contribution in [2.45, 2.75) is 32.4 Å². The Bertz CT molecular complexity index is 372. The normalized spacial score (nSPS) is 26.8. The van der Waals surface area contributed by atoms with Gasteiger partial charge < -0.3 is 10.1 Å². The van der Waals surface area contributed by atoms with Crippen molar-refractivity contribution in [3.63, 3.8) is 0 Å². The Morgan fingerprint density at radius 3 is 3.06 bits per heavy atom. The zero-order valence-electron chi connectivity index (χ0n) is 10.3. The Morgan fingerprint density at radius 1 is 1.53 bits per heavy atom. The van der Waals surface area contributed by atoms with Gasteiger partial charge in [0.15, 0.2) is 0 Å². The van der Waals surface area contributed by atoms with E-state index in [4.69, 9.17) is 4.74 Å². The second kappa shape index (κ2) is 5.56. The molecule has 1 N–H and O–H groups in total. The molecule has 1 saturated heterocycles. The predicted octanol–water partition coefficient (Wildman–Crippen LogP) is 2.30. The molecule has 1 aromatic heterocycles. The third-order valence-electron chi connectivity index (χ3n) is 3.33. The molecule has 1 aliphatic heterocycles. The molecule has 3 atom stereocenters. The molecular weight excluding hydrogens is 219 g/mol. The lowest BCUT2D eigenvalue weighted by molar-refractivity contribution is 0.0363. The lowest BCUT2D eigenvalue weighted by atomic mass is 9.96. The van der Waals surface area contributed by atoms with E-state index in [9.17, 15) is 4.39 Å². The quantitative estimate of drug-likeness (QED) is 0.877. The Morgan fingerprint density at radius 2 is 2.35 bits per heavy atom. The van der Waals surface area contributed by atoms with Gasteiger partial charge >= 0.3 is 0 Å². The van der Waals surface area contributed by atoms with Gasteiger partial charge in [-0.15, -0.1) is 0 Å². The third kappa shape index (κ3) is 3.23. The van der Waals surface area contributed by atoms with Gasteiger partial charge in [0.1, 0.15) is 5.82 Å². The van der Waals surface area contributed by atoms with Crippen LogP contribution in [-0.4, -0.2) is 24.2 Å². The van der Waals surface area contributed by atoms with Gasteiger partial charge in [-0.25, -0.2) is 4.39 Å². The van der Waals surface area contributed by atoms with Crippen LogP contribution in [0.25, 0.3) is 0 Å². The Balaban J connectivity index is 1.98. The number of nitrogens with one attached hydrogen (secondary N) is 1. The smallest absolute Gasteiger partial charge is 0.141 e. The number of rotatable bonds is 3. The topological polar surface area (TPSA) is 34.1 Å². The summed E-state index contributed by atoms with van der Waals surface area (Å²) >= 11 is 0. The van der Waals surface area contributed by atoms with Crippen LogP contribution in [0.2, 0.25) is 0 Å². The Hall–Kier alpha value is -1.00. The van der Waals surface area contributed by atoms with E-state index in [2.05, 4.69) is 17.2 Å². The first-order valence-electron chi connectivity index (χ1n) is 6.11. The molecule has 17 heavy (non-hydrogen) atoms. The molecule has 2 rings (SSSR count). The summed E-state index contributed by atoms with van der Waals surface area (Å²) in [4.78, 5) is 3.88. The highest BCUT2D eigenvalue weighted by Crippen LogP contribution is 2.19. The van der Waals surface area contributed by atoms with Crippen LogP contribution in [0.15, 0.2) is 18.5 Å². The van der Waals surface area contributed by atoms with E-state index < -0.39 is 0 Å². The SMILES string of the molecule is CC(NC1CCOCC1C)c1cncc(F)c1. The van der Waals surface area contributed by atoms with E-state index in [0.29, 0.717) is 12.0 Å². The number of nitrogens with zero attached hydrogens (tertiary/aromatic N) is 1. The first-order valence-corrected chi connectivity index (χ1v) is 6.11. The second-order valence-corrected chi connectivity index (χ2v) is 4.77. The number of ether oxygens (including phenoxy) is 1. The van der Waals surface area contributed by atoms with Gasteiger partial charge in [0, 0.05) is 24.9 Å². The third-order valence-corrected chi connectivity index (χ3v) is 3.33. The van der Waals surface area contributed by atoms with Crippen molar-refractivity contribution < 1.29 is 9.13 Å². The standard InChI is InChI=1S/C13H19FN2O/c1-9-8-17-4-3-13(9)16-10(2)11-5-12(14)7-15-6-11/h5-7,9-10,13,16H,3-4,8H2,1-2H3. The van der Waals surface area contributed by atoms with Gasteiger partial charge in [-0.1, -0.05) is 6.92 Å². The number of aromatic nitrogens is 1. The highest BCUT2D eigenvalue weighted by molar-refractivity contribution is 5.14. The monoisotopic (exact) mass is 238 g/mol. The van der Waals surface area contributed by atoms with Gasteiger partial charge in [-0.05, 0) is 30.9 Å². The molecule has 0 radical (unpaired) electrons. The van der Waals surface area contributed by atoms with Crippen LogP contribution in [0.1, 0.15) is 31.9 Å². The van der Waals surface area contributed by atoms with E-state index >= 15 is 0 Å². The second-order valence-electron chi connectivity index (χ2n) is 4.77. The number of hydrogen-bond acceptors (Lipinski definition) is 3.